The average Bonchev–Trinajstić information content (AvgIpc) is 2.90. The predicted octanol–water partition coefficient (Wildman–Crippen LogP) is -1.10. The van der Waals surface area contributed by atoms with Crippen molar-refractivity contribution in [1.82, 2.24) is 15.3 Å². The minimum Gasteiger partial charge on any atom is -0.475 e. The lowest BCUT2D eigenvalue weighted by Crippen LogP contribution is -2.46. The number of alkyl halides is 3. The third kappa shape index (κ3) is 9.08. The fourth-order valence-electron chi connectivity index (χ4n) is 1.24. The third-order valence-electron chi connectivity index (χ3n) is 2.27. The van der Waals surface area contributed by atoms with E-state index in [0.29, 0.717) is 6.42 Å². The van der Waals surface area contributed by atoms with Crippen LogP contribution in [0.25, 0.3) is 0 Å². The van der Waals surface area contributed by atoms with Crippen LogP contribution in [0.3, 0.4) is 0 Å². The van der Waals surface area contributed by atoms with Crippen LogP contribution in [0.2, 0.25) is 0 Å². The summed E-state index contributed by atoms with van der Waals surface area (Å²) in [4.78, 5) is 37.9. The van der Waals surface area contributed by atoms with Crippen LogP contribution in [0.5, 0.6) is 0 Å². The Balaban J connectivity index is 0.000000585. The lowest BCUT2D eigenvalue weighted by molar-refractivity contribution is -0.192. The monoisotopic (exact) mass is 339 g/mol. The van der Waals surface area contributed by atoms with Gasteiger partial charge in [0, 0.05) is 31.3 Å². The fourth-order valence-corrected chi connectivity index (χ4v) is 1.24. The topological polar surface area (TPSA) is 164 Å². The number of aliphatic carboxylic acids is 1. The zero-order chi connectivity index (χ0) is 18.0. The molecule has 0 spiro atoms. The van der Waals surface area contributed by atoms with E-state index >= 15 is 0 Å². The summed E-state index contributed by atoms with van der Waals surface area (Å²) >= 11 is 0. The second-order valence-corrected chi connectivity index (χ2v) is 4.15. The number of aromatic nitrogens is 2. The van der Waals surface area contributed by atoms with Crippen LogP contribution >= 0.6 is 0 Å². The Labute approximate surface area is 128 Å². The first-order chi connectivity index (χ1) is 10.6. The second-order valence-electron chi connectivity index (χ2n) is 4.15. The van der Waals surface area contributed by atoms with Crippen LogP contribution in [0, 0.1) is 0 Å². The highest BCUT2D eigenvalue weighted by molar-refractivity contribution is 5.86. The van der Waals surface area contributed by atoms with Crippen LogP contribution in [-0.2, 0) is 20.8 Å². The summed E-state index contributed by atoms with van der Waals surface area (Å²) in [6, 6.07) is -0.737. The van der Waals surface area contributed by atoms with E-state index in [-0.39, 0.29) is 18.9 Å². The largest absolute Gasteiger partial charge is 0.490 e. The normalized spacial score (nSPS) is 11.8. The number of amides is 2. The van der Waals surface area contributed by atoms with Gasteiger partial charge in [-0.25, -0.2) is 9.78 Å². The maximum absolute atomic E-state index is 11.3. The summed E-state index contributed by atoms with van der Waals surface area (Å²) in [5, 5.41) is 9.64. The van der Waals surface area contributed by atoms with Crippen molar-refractivity contribution in [2.45, 2.75) is 25.1 Å². The number of imidazole rings is 1. The van der Waals surface area contributed by atoms with Crippen molar-refractivity contribution in [2.75, 3.05) is 6.54 Å². The fraction of sp³-hybridized carbons (Fsp3) is 0.455. The molecule has 0 aliphatic heterocycles. The Hall–Kier alpha value is -2.63. The molecule has 2 amide bonds. The molecule has 1 rings (SSSR count). The first kappa shape index (κ1) is 20.4. The maximum Gasteiger partial charge on any atom is 0.490 e. The Bertz CT molecular complexity index is 518. The number of halogens is 3. The van der Waals surface area contributed by atoms with Gasteiger partial charge in [-0.05, 0) is 0 Å². The van der Waals surface area contributed by atoms with E-state index in [1.807, 2.05) is 0 Å². The van der Waals surface area contributed by atoms with Crippen molar-refractivity contribution in [1.29, 1.82) is 0 Å². The summed E-state index contributed by atoms with van der Waals surface area (Å²) in [7, 11) is 0. The first-order valence-corrected chi connectivity index (χ1v) is 6.14. The number of nitrogens with zero attached hydrogens (tertiary/aromatic N) is 1. The molecule has 0 bridgehead atoms. The Morgan fingerprint density at radius 1 is 1.39 bits per heavy atom. The average molecular weight is 339 g/mol. The molecule has 1 heterocycles. The third-order valence-corrected chi connectivity index (χ3v) is 2.27. The van der Waals surface area contributed by atoms with E-state index in [9.17, 15) is 22.8 Å². The van der Waals surface area contributed by atoms with E-state index in [4.69, 9.17) is 21.4 Å². The molecule has 0 radical (unpaired) electrons. The number of carboxylic acids is 1. The van der Waals surface area contributed by atoms with E-state index in [1.165, 1.54) is 6.33 Å². The molecule has 0 aliphatic rings. The predicted molar refractivity (Wildman–Crippen MR) is 70.8 cm³/mol. The number of nitrogens with one attached hydrogen (secondary N) is 2. The Morgan fingerprint density at radius 3 is 2.30 bits per heavy atom. The van der Waals surface area contributed by atoms with Gasteiger partial charge in [-0.1, -0.05) is 0 Å². The summed E-state index contributed by atoms with van der Waals surface area (Å²) in [6.07, 6.45) is -1.54. The molecule has 0 fully saturated rings. The van der Waals surface area contributed by atoms with Crippen LogP contribution in [-0.4, -0.2) is 51.6 Å². The summed E-state index contributed by atoms with van der Waals surface area (Å²) in [5.74, 6) is -3.63. The molecule has 1 aromatic heterocycles. The molecule has 0 saturated heterocycles. The molecule has 23 heavy (non-hydrogen) atoms. The van der Waals surface area contributed by atoms with Gasteiger partial charge >= 0.3 is 12.1 Å². The van der Waals surface area contributed by atoms with E-state index in [2.05, 4.69) is 15.3 Å². The van der Waals surface area contributed by atoms with Gasteiger partial charge in [-0.3, -0.25) is 9.59 Å². The molecule has 0 saturated carbocycles. The highest BCUT2D eigenvalue weighted by Gasteiger charge is 2.38. The van der Waals surface area contributed by atoms with Crippen molar-refractivity contribution in [3.63, 3.8) is 0 Å². The molecule has 0 unspecified atom stereocenters. The lowest BCUT2D eigenvalue weighted by Gasteiger charge is -2.14. The van der Waals surface area contributed by atoms with Crippen LogP contribution in [0.1, 0.15) is 12.1 Å². The number of carbonyl (C=O) groups excluding carboxylic acids is 2. The van der Waals surface area contributed by atoms with Crippen molar-refractivity contribution < 1.29 is 32.7 Å². The van der Waals surface area contributed by atoms with Crippen molar-refractivity contribution in [3.05, 3.63) is 18.2 Å². The van der Waals surface area contributed by atoms with Gasteiger partial charge in [0.15, 0.2) is 0 Å². The zero-order valence-electron chi connectivity index (χ0n) is 11.8. The van der Waals surface area contributed by atoms with Crippen LogP contribution < -0.4 is 16.8 Å². The van der Waals surface area contributed by atoms with Gasteiger partial charge in [-0.15, -0.1) is 0 Å². The number of carbonyl (C=O) groups is 3. The summed E-state index contributed by atoms with van der Waals surface area (Å²) in [6.45, 7) is 0.237. The summed E-state index contributed by atoms with van der Waals surface area (Å²) < 4.78 is 31.7. The first-order valence-electron chi connectivity index (χ1n) is 6.14. The van der Waals surface area contributed by atoms with Gasteiger partial charge in [0.25, 0.3) is 0 Å². The van der Waals surface area contributed by atoms with Crippen molar-refractivity contribution >= 4 is 17.8 Å². The molecule has 12 heteroatoms. The molecule has 1 atom stereocenters. The number of H-pyrrole nitrogens is 1. The number of carboxylic acid groups (broad SMARTS) is 1. The SMILES string of the molecule is NCCC(=O)N[C@@H](Cc1cnc[nH]1)C(N)=O.O=C(O)C(F)(F)F. The number of rotatable bonds is 6. The minimum absolute atomic E-state index is 0.173. The molecule has 7 N–H and O–H groups in total. The minimum atomic E-state index is -5.08. The number of primary amides is 1. The van der Waals surface area contributed by atoms with Gasteiger partial charge in [0.1, 0.15) is 6.04 Å². The van der Waals surface area contributed by atoms with Crippen molar-refractivity contribution in [3.8, 4) is 0 Å². The van der Waals surface area contributed by atoms with E-state index in [0.717, 1.165) is 5.69 Å². The zero-order valence-corrected chi connectivity index (χ0v) is 11.8. The highest BCUT2D eigenvalue weighted by Crippen LogP contribution is 2.13. The van der Waals surface area contributed by atoms with Gasteiger partial charge < -0.3 is 26.9 Å². The van der Waals surface area contributed by atoms with Crippen molar-refractivity contribution in [2.24, 2.45) is 11.5 Å². The van der Waals surface area contributed by atoms with Gasteiger partial charge in [-0.2, -0.15) is 13.2 Å². The second kappa shape index (κ2) is 9.40. The van der Waals surface area contributed by atoms with Crippen LogP contribution in [0.15, 0.2) is 12.5 Å². The Morgan fingerprint density at radius 2 is 1.96 bits per heavy atom. The number of nitrogens with two attached hydrogens (primary N) is 2. The molecule has 0 aromatic carbocycles. The molecule has 1 aromatic rings. The summed E-state index contributed by atoms with van der Waals surface area (Å²) in [5.41, 5.74) is 11.1. The molecule has 0 aliphatic carbocycles. The smallest absolute Gasteiger partial charge is 0.475 e. The molecule has 130 valence electrons. The number of hydrogen-bond acceptors (Lipinski definition) is 5. The van der Waals surface area contributed by atoms with E-state index in [1.54, 1.807) is 6.20 Å². The maximum atomic E-state index is 11.3. The van der Waals surface area contributed by atoms with Crippen LogP contribution in [0.4, 0.5) is 13.2 Å². The molecular weight excluding hydrogens is 323 g/mol. The quantitative estimate of drug-likeness (QED) is 0.441. The molecular formula is C11H16F3N5O4. The Kier molecular flexibility index (Phi) is 8.33. The highest BCUT2D eigenvalue weighted by atomic mass is 19.4. The van der Waals surface area contributed by atoms with E-state index < -0.39 is 24.1 Å². The molecule has 9 nitrogen and oxygen atoms in total. The lowest BCUT2D eigenvalue weighted by atomic mass is 10.1. The number of hydrogen-bond donors (Lipinski definition) is 5. The standard InChI is InChI=1S/C9H15N5O2.C2HF3O2/c10-2-1-8(15)14-7(9(11)16)3-6-4-12-5-13-6;3-2(4,5)1(6)7/h4-5,7H,1-3,10H2,(H2,11,16)(H,12,13)(H,14,15);(H,6,7)/t7-;/m0./s1. The van der Waals surface area contributed by atoms with Gasteiger partial charge in [0.2, 0.25) is 11.8 Å². The number of aromatic amines is 1. The van der Waals surface area contributed by atoms with Gasteiger partial charge in [0.05, 0.1) is 6.33 Å².